The van der Waals surface area contributed by atoms with Gasteiger partial charge in [0.05, 0.1) is 6.04 Å². The van der Waals surface area contributed by atoms with Crippen molar-refractivity contribution in [2.75, 3.05) is 13.1 Å². The number of phenolic OH excluding ortho intramolecular Hbond substituents is 1. The maximum atomic E-state index is 12.4. The van der Waals surface area contributed by atoms with Gasteiger partial charge in [0.2, 0.25) is 5.91 Å². The van der Waals surface area contributed by atoms with Gasteiger partial charge in [0.15, 0.2) is 0 Å². The van der Waals surface area contributed by atoms with Crippen molar-refractivity contribution >= 4 is 5.91 Å². The number of aromatic hydroxyl groups is 1. The number of hydrogen-bond acceptors (Lipinski definition) is 3. The quantitative estimate of drug-likeness (QED) is 0.883. The normalized spacial score (nSPS) is 20.7. The summed E-state index contributed by atoms with van der Waals surface area (Å²) >= 11 is 0. The second-order valence-corrected chi connectivity index (χ2v) is 5.68. The van der Waals surface area contributed by atoms with Crippen molar-refractivity contribution in [3.63, 3.8) is 0 Å². The Hall–Kier alpha value is -1.55. The van der Waals surface area contributed by atoms with Crippen LogP contribution in [0.15, 0.2) is 24.3 Å². The Labute approximate surface area is 120 Å². The lowest BCUT2D eigenvalue weighted by Crippen LogP contribution is -2.48. The van der Waals surface area contributed by atoms with Crippen LogP contribution in [-0.4, -0.2) is 35.0 Å². The molecule has 0 bridgehead atoms. The SMILES string of the molecule is CCC1CCCN(C(=O)[C@H](N)Cc2ccc(O)cc2)C1. The van der Waals surface area contributed by atoms with Gasteiger partial charge in [0.25, 0.3) is 0 Å². The van der Waals surface area contributed by atoms with E-state index in [9.17, 15) is 9.90 Å². The van der Waals surface area contributed by atoms with E-state index in [0.717, 1.165) is 31.5 Å². The van der Waals surface area contributed by atoms with Crippen LogP contribution in [0.5, 0.6) is 5.75 Å². The predicted octanol–water partition coefficient (Wildman–Crippen LogP) is 1.91. The lowest BCUT2D eigenvalue weighted by atomic mass is 9.94. The van der Waals surface area contributed by atoms with E-state index in [2.05, 4.69) is 6.92 Å². The zero-order chi connectivity index (χ0) is 14.5. The van der Waals surface area contributed by atoms with Gasteiger partial charge in [-0.05, 0) is 42.9 Å². The second-order valence-electron chi connectivity index (χ2n) is 5.68. The smallest absolute Gasteiger partial charge is 0.239 e. The van der Waals surface area contributed by atoms with Crippen LogP contribution in [0.25, 0.3) is 0 Å². The zero-order valence-corrected chi connectivity index (χ0v) is 12.1. The third-order valence-electron chi connectivity index (χ3n) is 4.12. The van der Waals surface area contributed by atoms with Crippen LogP contribution in [-0.2, 0) is 11.2 Å². The molecule has 2 atom stereocenters. The molecule has 1 aliphatic rings. The summed E-state index contributed by atoms with van der Waals surface area (Å²) in [5, 5.41) is 9.25. The van der Waals surface area contributed by atoms with Gasteiger partial charge >= 0.3 is 0 Å². The Morgan fingerprint density at radius 2 is 2.15 bits per heavy atom. The number of rotatable bonds is 4. The highest BCUT2D eigenvalue weighted by atomic mass is 16.3. The highest BCUT2D eigenvalue weighted by Crippen LogP contribution is 2.20. The summed E-state index contributed by atoms with van der Waals surface area (Å²) in [7, 11) is 0. The van der Waals surface area contributed by atoms with Crippen molar-refractivity contribution in [3.05, 3.63) is 29.8 Å². The molecule has 4 heteroatoms. The standard InChI is InChI=1S/C16H24N2O2/c1-2-12-4-3-9-18(11-12)16(20)15(17)10-13-5-7-14(19)8-6-13/h5-8,12,15,19H,2-4,9-11,17H2,1H3/t12?,15-/m1/s1. The molecule has 1 aliphatic heterocycles. The minimum Gasteiger partial charge on any atom is -0.508 e. The number of phenols is 1. The van der Waals surface area contributed by atoms with E-state index in [1.165, 1.54) is 6.42 Å². The van der Waals surface area contributed by atoms with Gasteiger partial charge in [0.1, 0.15) is 5.75 Å². The zero-order valence-electron chi connectivity index (χ0n) is 12.1. The van der Waals surface area contributed by atoms with Crippen LogP contribution in [0.1, 0.15) is 31.7 Å². The number of carbonyl (C=O) groups is 1. The monoisotopic (exact) mass is 276 g/mol. The number of likely N-dealkylation sites (tertiary alicyclic amines) is 1. The fourth-order valence-electron chi connectivity index (χ4n) is 2.81. The van der Waals surface area contributed by atoms with Gasteiger partial charge in [-0.2, -0.15) is 0 Å². The molecule has 0 aromatic heterocycles. The van der Waals surface area contributed by atoms with E-state index in [-0.39, 0.29) is 11.7 Å². The average molecular weight is 276 g/mol. The molecule has 0 spiro atoms. The molecule has 1 fully saturated rings. The summed E-state index contributed by atoms with van der Waals surface area (Å²) < 4.78 is 0. The van der Waals surface area contributed by atoms with Crippen LogP contribution >= 0.6 is 0 Å². The first-order valence-electron chi connectivity index (χ1n) is 7.42. The molecule has 3 N–H and O–H groups in total. The maximum Gasteiger partial charge on any atom is 0.239 e. The van der Waals surface area contributed by atoms with Gasteiger partial charge in [-0.15, -0.1) is 0 Å². The lowest BCUT2D eigenvalue weighted by molar-refractivity contribution is -0.134. The summed E-state index contributed by atoms with van der Waals surface area (Å²) in [6.45, 7) is 3.85. The Morgan fingerprint density at radius 3 is 2.80 bits per heavy atom. The maximum absolute atomic E-state index is 12.4. The highest BCUT2D eigenvalue weighted by molar-refractivity contribution is 5.82. The molecule has 1 saturated heterocycles. The third-order valence-corrected chi connectivity index (χ3v) is 4.12. The van der Waals surface area contributed by atoms with Gasteiger partial charge in [-0.1, -0.05) is 25.5 Å². The molecule has 0 saturated carbocycles. The van der Waals surface area contributed by atoms with E-state index in [1.54, 1.807) is 12.1 Å². The first-order chi connectivity index (χ1) is 9.60. The van der Waals surface area contributed by atoms with Crippen LogP contribution in [0.3, 0.4) is 0 Å². The fraction of sp³-hybridized carbons (Fsp3) is 0.562. The highest BCUT2D eigenvalue weighted by Gasteiger charge is 2.26. The Bertz CT molecular complexity index is 444. The first kappa shape index (κ1) is 14.9. The molecule has 0 radical (unpaired) electrons. The van der Waals surface area contributed by atoms with Gasteiger partial charge in [-0.25, -0.2) is 0 Å². The van der Waals surface area contributed by atoms with Crippen molar-refractivity contribution in [2.45, 2.75) is 38.6 Å². The molecule has 1 unspecified atom stereocenters. The summed E-state index contributed by atoms with van der Waals surface area (Å²) in [4.78, 5) is 14.3. The molecular weight excluding hydrogens is 252 g/mol. The van der Waals surface area contributed by atoms with E-state index < -0.39 is 6.04 Å². The van der Waals surface area contributed by atoms with Crippen molar-refractivity contribution in [1.29, 1.82) is 0 Å². The average Bonchev–Trinajstić information content (AvgIpc) is 2.48. The van der Waals surface area contributed by atoms with Gasteiger partial charge in [0, 0.05) is 13.1 Å². The van der Waals surface area contributed by atoms with Crippen molar-refractivity contribution in [1.82, 2.24) is 4.90 Å². The molecule has 0 aliphatic carbocycles. The van der Waals surface area contributed by atoms with Crippen LogP contribution in [0.2, 0.25) is 0 Å². The van der Waals surface area contributed by atoms with E-state index >= 15 is 0 Å². The molecule has 1 heterocycles. The number of hydrogen-bond donors (Lipinski definition) is 2. The van der Waals surface area contributed by atoms with Crippen LogP contribution in [0, 0.1) is 5.92 Å². The number of piperidine rings is 1. The van der Waals surface area contributed by atoms with Crippen LogP contribution in [0.4, 0.5) is 0 Å². The van der Waals surface area contributed by atoms with Crippen molar-refractivity contribution in [3.8, 4) is 5.75 Å². The Kier molecular flexibility index (Phi) is 5.01. The Morgan fingerprint density at radius 1 is 1.45 bits per heavy atom. The topological polar surface area (TPSA) is 66.6 Å². The molecule has 1 aromatic rings. The number of carbonyl (C=O) groups excluding carboxylic acids is 1. The molecule has 1 amide bonds. The van der Waals surface area contributed by atoms with Crippen molar-refractivity contribution < 1.29 is 9.90 Å². The molecule has 4 nitrogen and oxygen atoms in total. The summed E-state index contributed by atoms with van der Waals surface area (Å²) in [5.41, 5.74) is 7.03. The van der Waals surface area contributed by atoms with Crippen LogP contribution < -0.4 is 5.73 Å². The lowest BCUT2D eigenvalue weighted by Gasteiger charge is -2.34. The fourth-order valence-corrected chi connectivity index (χ4v) is 2.81. The first-order valence-corrected chi connectivity index (χ1v) is 7.42. The van der Waals surface area contributed by atoms with Gasteiger partial charge in [-0.3, -0.25) is 4.79 Å². The molecule has 1 aromatic carbocycles. The van der Waals surface area contributed by atoms with Gasteiger partial charge < -0.3 is 15.7 Å². The summed E-state index contributed by atoms with van der Waals surface area (Å²) in [6.07, 6.45) is 3.94. The molecule has 20 heavy (non-hydrogen) atoms. The summed E-state index contributed by atoms with van der Waals surface area (Å²) in [6, 6.07) is 6.39. The molecule has 110 valence electrons. The summed E-state index contributed by atoms with van der Waals surface area (Å²) in [5.74, 6) is 0.903. The van der Waals surface area contributed by atoms with E-state index in [0.29, 0.717) is 12.3 Å². The minimum absolute atomic E-state index is 0.0521. The predicted molar refractivity (Wildman–Crippen MR) is 79.4 cm³/mol. The number of nitrogens with zero attached hydrogens (tertiary/aromatic N) is 1. The minimum atomic E-state index is -0.491. The van der Waals surface area contributed by atoms with Crippen molar-refractivity contribution in [2.24, 2.45) is 11.7 Å². The second kappa shape index (κ2) is 6.75. The van der Waals surface area contributed by atoms with E-state index in [1.807, 2.05) is 17.0 Å². The number of nitrogens with two attached hydrogens (primary N) is 1. The molecule has 2 rings (SSSR count). The van der Waals surface area contributed by atoms with E-state index in [4.69, 9.17) is 5.73 Å². The molecular formula is C16H24N2O2. The number of benzene rings is 1. The largest absolute Gasteiger partial charge is 0.508 e. The number of amides is 1. The third kappa shape index (κ3) is 3.73. The Balaban J connectivity index is 1.92.